The fourth-order valence-corrected chi connectivity index (χ4v) is 2.44. The van der Waals surface area contributed by atoms with E-state index in [1.807, 2.05) is 6.08 Å². The molecule has 16 heavy (non-hydrogen) atoms. The van der Waals surface area contributed by atoms with Crippen LogP contribution in [0.3, 0.4) is 0 Å². The SMILES string of the molecule is C=CCCCC1=Cc2c(C)ccc(C)c2C1. The monoisotopic (exact) mass is 212 g/mol. The fraction of sp³-hybridized carbons (Fsp3) is 0.375. The van der Waals surface area contributed by atoms with E-state index in [1.165, 1.54) is 36.0 Å². The van der Waals surface area contributed by atoms with E-state index in [0.717, 1.165) is 6.42 Å². The molecule has 0 aliphatic heterocycles. The van der Waals surface area contributed by atoms with Crippen molar-refractivity contribution in [3.05, 3.63) is 52.6 Å². The van der Waals surface area contributed by atoms with Gasteiger partial charge in [-0.25, -0.2) is 0 Å². The Hall–Kier alpha value is -1.30. The highest BCUT2D eigenvalue weighted by Crippen LogP contribution is 2.32. The van der Waals surface area contributed by atoms with E-state index in [4.69, 9.17) is 0 Å². The molecule has 1 aromatic rings. The molecule has 84 valence electrons. The Morgan fingerprint density at radius 1 is 1.25 bits per heavy atom. The van der Waals surface area contributed by atoms with Gasteiger partial charge in [-0.2, -0.15) is 0 Å². The fourth-order valence-electron chi connectivity index (χ4n) is 2.44. The molecule has 0 saturated carbocycles. The molecule has 1 aromatic carbocycles. The second-order valence-corrected chi connectivity index (χ2v) is 4.75. The van der Waals surface area contributed by atoms with Crippen molar-refractivity contribution >= 4 is 6.08 Å². The van der Waals surface area contributed by atoms with Crippen LogP contribution < -0.4 is 0 Å². The molecule has 1 aliphatic rings. The van der Waals surface area contributed by atoms with Crippen LogP contribution in [0.2, 0.25) is 0 Å². The Labute approximate surface area is 98.7 Å². The lowest BCUT2D eigenvalue weighted by atomic mass is 9.99. The molecule has 0 heterocycles. The second kappa shape index (κ2) is 4.69. The number of rotatable bonds is 4. The average Bonchev–Trinajstić information content (AvgIpc) is 2.69. The third kappa shape index (κ3) is 2.11. The van der Waals surface area contributed by atoms with E-state index in [2.05, 4.69) is 38.6 Å². The molecule has 1 aliphatic carbocycles. The number of benzene rings is 1. The Bertz CT molecular complexity index is 436. The molecular formula is C16H20. The molecule has 0 unspecified atom stereocenters. The van der Waals surface area contributed by atoms with Crippen LogP contribution in [0.15, 0.2) is 30.4 Å². The van der Waals surface area contributed by atoms with Crippen LogP contribution in [-0.4, -0.2) is 0 Å². The number of hydrogen-bond donors (Lipinski definition) is 0. The zero-order valence-electron chi connectivity index (χ0n) is 10.3. The molecule has 2 rings (SSSR count). The summed E-state index contributed by atoms with van der Waals surface area (Å²) in [6, 6.07) is 4.48. The topological polar surface area (TPSA) is 0 Å². The van der Waals surface area contributed by atoms with Crippen molar-refractivity contribution in [2.45, 2.75) is 39.5 Å². The molecule has 0 fully saturated rings. The maximum atomic E-state index is 3.77. The van der Waals surface area contributed by atoms with Gasteiger partial charge >= 0.3 is 0 Å². The van der Waals surface area contributed by atoms with Crippen LogP contribution in [-0.2, 0) is 6.42 Å². The van der Waals surface area contributed by atoms with Crippen LogP contribution >= 0.6 is 0 Å². The molecule has 0 aromatic heterocycles. The lowest BCUT2D eigenvalue weighted by molar-refractivity contribution is 0.821. The van der Waals surface area contributed by atoms with Gasteiger partial charge in [0.05, 0.1) is 0 Å². The highest BCUT2D eigenvalue weighted by atomic mass is 14.2. The predicted molar refractivity (Wildman–Crippen MR) is 71.6 cm³/mol. The van der Waals surface area contributed by atoms with Crippen molar-refractivity contribution in [2.24, 2.45) is 0 Å². The lowest BCUT2D eigenvalue weighted by Gasteiger charge is -2.06. The molecule has 0 nitrogen and oxygen atoms in total. The summed E-state index contributed by atoms with van der Waals surface area (Å²) in [6.07, 6.45) is 9.17. The van der Waals surface area contributed by atoms with Gasteiger partial charge in [-0.05, 0) is 61.8 Å². The van der Waals surface area contributed by atoms with Crippen LogP contribution in [0.25, 0.3) is 6.08 Å². The minimum absolute atomic E-state index is 1.13. The second-order valence-electron chi connectivity index (χ2n) is 4.75. The van der Waals surface area contributed by atoms with Gasteiger partial charge in [0.1, 0.15) is 0 Å². The lowest BCUT2D eigenvalue weighted by Crippen LogP contribution is -1.91. The van der Waals surface area contributed by atoms with Gasteiger partial charge in [-0.3, -0.25) is 0 Å². The minimum atomic E-state index is 1.13. The number of allylic oxidation sites excluding steroid dienone is 2. The quantitative estimate of drug-likeness (QED) is 0.505. The van der Waals surface area contributed by atoms with E-state index in [-0.39, 0.29) is 0 Å². The Morgan fingerprint density at radius 3 is 2.69 bits per heavy atom. The maximum Gasteiger partial charge on any atom is -0.00551 e. The average molecular weight is 212 g/mol. The van der Waals surface area contributed by atoms with Gasteiger partial charge in [0, 0.05) is 0 Å². The number of fused-ring (bicyclic) bond motifs is 1. The zero-order chi connectivity index (χ0) is 11.5. The van der Waals surface area contributed by atoms with Crippen LogP contribution in [0.1, 0.15) is 41.5 Å². The standard InChI is InChI=1S/C16H20/c1-4-5-6-7-14-10-15-12(2)8-9-13(3)16(15)11-14/h4,8-10H,1,5-7,11H2,2-3H3. The first-order valence-corrected chi connectivity index (χ1v) is 6.12. The first-order valence-electron chi connectivity index (χ1n) is 6.12. The van der Waals surface area contributed by atoms with E-state index >= 15 is 0 Å². The first-order chi connectivity index (χ1) is 7.72. The first kappa shape index (κ1) is 11.2. The summed E-state index contributed by atoms with van der Waals surface area (Å²) in [5.41, 5.74) is 7.48. The molecule has 0 bridgehead atoms. The van der Waals surface area contributed by atoms with Crippen LogP contribution in [0.5, 0.6) is 0 Å². The number of aryl methyl sites for hydroxylation is 2. The minimum Gasteiger partial charge on any atom is -0.103 e. The maximum absolute atomic E-state index is 3.77. The Balaban J connectivity index is 2.15. The van der Waals surface area contributed by atoms with Crippen LogP contribution in [0, 0.1) is 13.8 Å². The van der Waals surface area contributed by atoms with Crippen molar-refractivity contribution < 1.29 is 0 Å². The number of unbranched alkanes of at least 4 members (excludes halogenated alkanes) is 1. The van der Waals surface area contributed by atoms with Gasteiger partial charge in [-0.15, -0.1) is 6.58 Å². The zero-order valence-corrected chi connectivity index (χ0v) is 10.3. The summed E-state index contributed by atoms with van der Waals surface area (Å²) in [5.74, 6) is 0. The molecule has 0 spiro atoms. The summed E-state index contributed by atoms with van der Waals surface area (Å²) >= 11 is 0. The van der Waals surface area contributed by atoms with E-state index in [9.17, 15) is 0 Å². The van der Waals surface area contributed by atoms with Gasteiger partial charge < -0.3 is 0 Å². The third-order valence-electron chi connectivity index (χ3n) is 3.47. The van der Waals surface area contributed by atoms with E-state index in [1.54, 1.807) is 11.1 Å². The van der Waals surface area contributed by atoms with Crippen molar-refractivity contribution in [3.8, 4) is 0 Å². The molecule has 0 saturated heterocycles. The highest BCUT2D eigenvalue weighted by molar-refractivity contribution is 5.68. The molecule has 0 heteroatoms. The molecule has 0 radical (unpaired) electrons. The molecular weight excluding hydrogens is 192 g/mol. The van der Waals surface area contributed by atoms with E-state index in [0.29, 0.717) is 0 Å². The number of hydrogen-bond acceptors (Lipinski definition) is 0. The van der Waals surface area contributed by atoms with Gasteiger partial charge in [-0.1, -0.05) is 29.9 Å². The summed E-state index contributed by atoms with van der Waals surface area (Å²) < 4.78 is 0. The Morgan fingerprint density at radius 2 is 2.00 bits per heavy atom. The van der Waals surface area contributed by atoms with Crippen molar-refractivity contribution in [1.29, 1.82) is 0 Å². The van der Waals surface area contributed by atoms with Crippen LogP contribution in [0.4, 0.5) is 0 Å². The van der Waals surface area contributed by atoms with Crippen molar-refractivity contribution in [2.75, 3.05) is 0 Å². The summed E-state index contributed by atoms with van der Waals surface area (Å²) in [7, 11) is 0. The third-order valence-corrected chi connectivity index (χ3v) is 3.47. The normalized spacial score (nSPS) is 13.5. The summed E-state index contributed by atoms with van der Waals surface area (Å²) in [4.78, 5) is 0. The van der Waals surface area contributed by atoms with Crippen molar-refractivity contribution in [3.63, 3.8) is 0 Å². The van der Waals surface area contributed by atoms with Gasteiger partial charge in [0.15, 0.2) is 0 Å². The van der Waals surface area contributed by atoms with Crippen molar-refractivity contribution in [1.82, 2.24) is 0 Å². The smallest absolute Gasteiger partial charge is 0.00551 e. The van der Waals surface area contributed by atoms with Gasteiger partial charge in [0.25, 0.3) is 0 Å². The summed E-state index contributed by atoms with van der Waals surface area (Å²) in [5, 5.41) is 0. The largest absolute Gasteiger partial charge is 0.103 e. The highest BCUT2D eigenvalue weighted by Gasteiger charge is 2.15. The predicted octanol–water partition coefficient (Wildman–Crippen LogP) is 4.60. The Kier molecular flexibility index (Phi) is 3.28. The summed E-state index contributed by atoms with van der Waals surface area (Å²) in [6.45, 7) is 8.20. The molecule has 0 atom stereocenters. The van der Waals surface area contributed by atoms with Gasteiger partial charge in [0.2, 0.25) is 0 Å². The molecule has 0 amide bonds. The molecule has 0 N–H and O–H groups in total. The van der Waals surface area contributed by atoms with E-state index < -0.39 is 0 Å².